The monoisotopic (exact) mass is 312 g/mol. The van der Waals surface area contributed by atoms with Crippen molar-refractivity contribution < 1.29 is 0 Å². The lowest BCUT2D eigenvalue weighted by Gasteiger charge is -2.14. The molecule has 22 heavy (non-hydrogen) atoms. The van der Waals surface area contributed by atoms with Gasteiger partial charge in [-0.1, -0.05) is 23.8 Å². The molecule has 0 amide bonds. The number of nitrogens with one attached hydrogen (secondary N) is 1. The van der Waals surface area contributed by atoms with E-state index in [1.807, 2.05) is 37.3 Å². The smallest absolute Gasteiger partial charge is 0.253 e. The molecule has 3 aromatic rings. The van der Waals surface area contributed by atoms with Crippen molar-refractivity contribution in [2.45, 2.75) is 19.3 Å². The molecule has 1 aliphatic carbocycles. The average Bonchev–Trinajstić information content (AvgIpc) is 2.89. The lowest BCUT2D eigenvalue weighted by atomic mass is 9.93. The summed E-state index contributed by atoms with van der Waals surface area (Å²) in [5.41, 5.74) is 2.87. The number of hydrogen-bond donors (Lipinski definition) is 1. The predicted molar refractivity (Wildman–Crippen MR) is 86.3 cm³/mol. The molecule has 0 spiro atoms. The first kappa shape index (κ1) is 13.3. The quantitative estimate of drug-likeness (QED) is 0.751. The minimum Gasteiger partial charge on any atom is -0.306 e. The van der Waals surface area contributed by atoms with Gasteiger partial charge >= 0.3 is 0 Å². The summed E-state index contributed by atoms with van der Waals surface area (Å²) >= 11 is 5.94. The van der Waals surface area contributed by atoms with Crippen molar-refractivity contribution in [1.82, 2.24) is 19.6 Å². The van der Waals surface area contributed by atoms with Crippen LogP contribution in [0, 0.1) is 6.92 Å². The van der Waals surface area contributed by atoms with Crippen molar-refractivity contribution in [2.24, 2.45) is 0 Å². The summed E-state index contributed by atoms with van der Waals surface area (Å²) in [6, 6.07) is 3.77. The Kier molecular flexibility index (Phi) is 2.90. The van der Waals surface area contributed by atoms with Gasteiger partial charge in [0.2, 0.25) is 0 Å². The highest BCUT2D eigenvalue weighted by atomic mass is 35.5. The van der Waals surface area contributed by atoms with Crippen LogP contribution in [0.1, 0.15) is 23.6 Å². The Labute approximate surface area is 130 Å². The van der Waals surface area contributed by atoms with Crippen LogP contribution in [-0.4, -0.2) is 19.6 Å². The van der Waals surface area contributed by atoms with E-state index in [1.54, 1.807) is 10.7 Å². The number of halogens is 1. The van der Waals surface area contributed by atoms with Crippen molar-refractivity contribution in [3.05, 3.63) is 63.2 Å². The van der Waals surface area contributed by atoms with Gasteiger partial charge in [-0.25, -0.2) is 4.98 Å². The Morgan fingerprint density at radius 3 is 3.05 bits per heavy atom. The molecule has 1 atom stereocenters. The van der Waals surface area contributed by atoms with E-state index < -0.39 is 0 Å². The van der Waals surface area contributed by atoms with Crippen LogP contribution in [0.5, 0.6) is 0 Å². The maximum absolute atomic E-state index is 12.5. The Balaban J connectivity index is 1.92. The first-order valence-electron chi connectivity index (χ1n) is 7.04. The van der Waals surface area contributed by atoms with Crippen molar-refractivity contribution in [2.75, 3.05) is 0 Å². The molecular weight excluding hydrogens is 300 g/mol. The summed E-state index contributed by atoms with van der Waals surface area (Å²) < 4.78 is 1.67. The number of fused-ring (bicyclic) bond motifs is 3. The Morgan fingerprint density at radius 2 is 2.27 bits per heavy atom. The Hall–Kier alpha value is -2.40. The summed E-state index contributed by atoms with van der Waals surface area (Å²) in [6.45, 7) is 1.90. The third-order valence-corrected chi connectivity index (χ3v) is 4.17. The minimum absolute atomic E-state index is 0.0331. The highest BCUT2D eigenvalue weighted by molar-refractivity contribution is 6.31. The van der Waals surface area contributed by atoms with Gasteiger partial charge in [-0.05, 0) is 25.5 Å². The summed E-state index contributed by atoms with van der Waals surface area (Å²) in [7, 11) is 0. The first-order chi connectivity index (χ1) is 10.6. The van der Waals surface area contributed by atoms with Gasteiger partial charge in [0.05, 0.1) is 5.69 Å². The number of aromatic amines is 1. The van der Waals surface area contributed by atoms with Gasteiger partial charge < -0.3 is 4.98 Å². The van der Waals surface area contributed by atoms with Gasteiger partial charge in [0.1, 0.15) is 5.65 Å². The largest absolute Gasteiger partial charge is 0.306 e. The normalized spacial score (nSPS) is 18.1. The second-order valence-electron chi connectivity index (χ2n) is 5.46. The molecule has 6 heteroatoms. The molecule has 1 aliphatic rings. The molecule has 0 bridgehead atoms. The van der Waals surface area contributed by atoms with Crippen LogP contribution >= 0.6 is 11.6 Å². The van der Waals surface area contributed by atoms with E-state index in [9.17, 15) is 4.79 Å². The van der Waals surface area contributed by atoms with Gasteiger partial charge in [-0.3, -0.25) is 4.79 Å². The fourth-order valence-electron chi connectivity index (χ4n) is 2.81. The Bertz CT molecular complexity index is 1010. The molecule has 4 rings (SSSR count). The zero-order valence-corrected chi connectivity index (χ0v) is 12.6. The van der Waals surface area contributed by atoms with Crippen LogP contribution in [-0.2, 0) is 0 Å². The van der Waals surface area contributed by atoms with Gasteiger partial charge in [0, 0.05) is 34.2 Å². The molecular formula is C16H13ClN4O. The number of pyridine rings is 1. The van der Waals surface area contributed by atoms with Gasteiger partial charge in [0.15, 0.2) is 5.65 Å². The molecule has 0 saturated carbocycles. The number of rotatable bonds is 1. The summed E-state index contributed by atoms with van der Waals surface area (Å²) in [6.07, 6.45) is 8.20. The van der Waals surface area contributed by atoms with Crippen molar-refractivity contribution in [3.63, 3.8) is 0 Å². The second-order valence-corrected chi connectivity index (χ2v) is 5.90. The molecule has 0 radical (unpaired) electrons. The SMILES string of the molecule is Cc1cc2ncc3cc(C4C=CC(Cl)=CC4)c(=O)[nH]c3n2n1. The minimum atomic E-state index is -0.103. The molecule has 3 heterocycles. The standard InChI is InChI=1S/C16H13ClN4O/c1-9-6-14-18-8-11-7-13(10-2-4-12(17)5-3-10)16(22)19-15(11)21(14)20-9/h2,4-8,10H,3H2,1H3,(H,19,22). The number of allylic oxidation sites excluding steroid dienone is 4. The molecule has 1 N–H and O–H groups in total. The van der Waals surface area contributed by atoms with E-state index in [4.69, 9.17) is 11.6 Å². The number of aryl methyl sites for hydroxylation is 1. The molecule has 0 fully saturated rings. The molecule has 0 aromatic carbocycles. The van der Waals surface area contributed by atoms with E-state index in [2.05, 4.69) is 15.1 Å². The zero-order valence-electron chi connectivity index (χ0n) is 11.9. The summed E-state index contributed by atoms with van der Waals surface area (Å²) in [5, 5.41) is 5.95. The molecule has 1 unspecified atom stereocenters. The number of nitrogens with zero attached hydrogens (tertiary/aromatic N) is 3. The third kappa shape index (κ3) is 2.05. The van der Waals surface area contributed by atoms with Crippen LogP contribution in [0.25, 0.3) is 16.7 Å². The van der Waals surface area contributed by atoms with Crippen LogP contribution in [0.3, 0.4) is 0 Å². The van der Waals surface area contributed by atoms with Crippen LogP contribution < -0.4 is 5.56 Å². The zero-order chi connectivity index (χ0) is 15.3. The van der Waals surface area contributed by atoms with Crippen molar-refractivity contribution in [1.29, 1.82) is 0 Å². The summed E-state index contributed by atoms with van der Waals surface area (Å²) in [5.74, 6) is 0.0331. The molecule has 110 valence electrons. The van der Waals surface area contributed by atoms with Crippen molar-refractivity contribution >= 4 is 28.3 Å². The van der Waals surface area contributed by atoms with E-state index >= 15 is 0 Å². The van der Waals surface area contributed by atoms with Gasteiger partial charge in [-0.15, -0.1) is 0 Å². The first-order valence-corrected chi connectivity index (χ1v) is 7.42. The third-order valence-electron chi connectivity index (χ3n) is 3.89. The Morgan fingerprint density at radius 1 is 1.41 bits per heavy atom. The maximum Gasteiger partial charge on any atom is 0.253 e. The molecule has 0 saturated heterocycles. The maximum atomic E-state index is 12.5. The lowest BCUT2D eigenvalue weighted by Crippen LogP contribution is -2.17. The van der Waals surface area contributed by atoms with Crippen LogP contribution in [0.2, 0.25) is 0 Å². The van der Waals surface area contributed by atoms with Crippen LogP contribution in [0.4, 0.5) is 0 Å². The number of hydrogen-bond acceptors (Lipinski definition) is 3. The van der Waals surface area contributed by atoms with Gasteiger partial charge in [-0.2, -0.15) is 9.61 Å². The van der Waals surface area contributed by atoms with Crippen molar-refractivity contribution in [3.8, 4) is 0 Å². The number of H-pyrrole nitrogens is 1. The predicted octanol–water partition coefficient (Wildman–Crippen LogP) is 3.05. The van der Waals surface area contributed by atoms with Crippen LogP contribution in [0.15, 0.2) is 46.4 Å². The van der Waals surface area contributed by atoms with E-state index in [0.29, 0.717) is 16.2 Å². The molecule has 3 aromatic heterocycles. The van der Waals surface area contributed by atoms with E-state index in [-0.39, 0.29) is 11.5 Å². The fraction of sp³-hybridized carbons (Fsp3) is 0.188. The average molecular weight is 313 g/mol. The number of aromatic nitrogens is 4. The van der Waals surface area contributed by atoms with E-state index in [1.165, 1.54) is 0 Å². The fourth-order valence-corrected chi connectivity index (χ4v) is 2.97. The highest BCUT2D eigenvalue weighted by Crippen LogP contribution is 2.27. The lowest BCUT2D eigenvalue weighted by molar-refractivity contribution is 0.832. The highest BCUT2D eigenvalue weighted by Gasteiger charge is 2.16. The van der Waals surface area contributed by atoms with Gasteiger partial charge in [0.25, 0.3) is 5.56 Å². The molecule has 0 aliphatic heterocycles. The molecule has 5 nitrogen and oxygen atoms in total. The second kappa shape index (κ2) is 4.81. The van der Waals surface area contributed by atoms with E-state index in [0.717, 1.165) is 23.1 Å². The topological polar surface area (TPSA) is 63.0 Å². The summed E-state index contributed by atoms with van der Waals surface area (Å²) in [4.78, 5) is 19.8.